The minimum atomic E-state index is 0.354. The predicted octanol–water partition coefficient (Wildman–Crippen LogP) is 4.07. The molecule has 2 saturated carbocycles. The smallest absolute Gasteiger partial charge is 0.223 e. The first kappa shape index (κ1) is 15.2. The quantitative estimate of drug-likeness (QED) is 0.646. The molecule has 0 aromatic heterocycles. The van der Waals surface area contributed by atoms with E-state index < -0.39 is 0 Å². The molecule has 2 fully saturated rings. The van der Waals surface area contributed by atoms with E-state index in [0.717, 1.165) is 31.1 Å². The maximum absolute atomic E-state index is 12.6. The summed E-state index contributed by atoms with van der Waals surface area (Å²) in [5.74, 6) is 3.34. The van der Waals surface area contributed by atoms with Crippen LogP contribution in [0.3, 0.4) is 0 Å². The fourth-order valence-corrected chi connectivity index (χ4v) is 4.48. The van der Waals surface area contributed by atoms with Crippen LogP contribution in [0.4, 0.5) is 0 Å². The van der Waals surface area contributed by atoms with Gasteiger partial charge in [-0.3, -0.25) is 4.79 Å². The first-order valence-corrected chi connectivity index (χ1v) is 8.58. The molecule has 19 heavy (non-hydrogen) atoms. The van der Waals surface area contributed by atoms with Crippen LogP contribution in [0.25, 0.3) is 0 Å². The summed E-state index contributed by atoms with van der Waals surface area (Å²) in [7, 11) is 0. The lowest BCUT2D eigenvalue weighted by atomic mass is 9.86. The number of nitrogens with zero attached hydrogens (tertiary/aromatic N) is 1. The van der Waals surface area contributed by atoms with E-state index in [1.165, 1.54) is 25.7 Å². The van der Waals surface area contributed by atoms with Crippen LogP contribution in [-0.2, 0) is 4.79 Å². The van der Waals surface area contributed by atoms with Crippen molar-refractivity contribution in [3.63, 3.8) is 0 Å². The van der Waals surface area contributed by atoms with Crippen molar-refractivity contribution in [3.05, 3.63) is 0 Å². The summed E-state index contributed by atoms with van der Waals surface area (Å²) in [6, 6.07) is 0.379. The second-order valence-corrected chi connectivity index (χ2v) is 6.76. The van der Waals surface area contributed by atoms with Crippen molar-refractivity contribution >= 4 is 17.5 Å². The predicted molar refractivity (Wildman–Crippen MR) is 80.4 cm³/mol. The monoisotopic (exact) mass is 285 g/mol. The van der Waals surface area contributed by atoms with Crippen molar-refractivity contribution in [2.75, 3.05) is 12.4 Å². The first-order valence-electron chi connectivity index (χ1n) is 8.04. The number of carbonyl (C=O) groups is 1. The Bertz CT molecular complexity index is 303. The zero-order chi connectivity index (χ0) is 13.8. The number of alkyl halides is 1. The van der Waals surface area contributed by atoms with Crippen molar-refractivity contribution in [3.8, 4) is 0 Å². The molecule has 2 bridgehead atoms. The Morgan fingerprint density at radius 1 is 1.26 bits per heavy atom. The van der Waals surface area contributed by atoms with Gasteiger partial charge in [0, 0.05) is 24.9 Å². The highest BCUT2D eigenvalue weighted by Gasteiger charge is 2.40. The van der Waals surface area contributed by atoms with Gasteiger partial charge in [0.05, 0.1) is 0 Å². The lowest BCUT2D eigenvalue weighted by Crippen LogP contribution is -2.42. The van der Waals surface area contributed by atoms with Crippen LogP contribution in [0.5, 0.6) is 0 Å². The number of carbonyl (C=O) groups excluding carboxylic acids is 1. The molecule has 0 heterocycles. The molecule has 2 aliphatic rings. The number of rotatable bonds is 7. The second-order valence-electron chi connectivity index (χ2n) is 6.39. The molecule has 0 radical (unpaired) electrons. The average molecular weight is 286 g/mol. The van der Waals surface area contributed by atoms with Crippen molar-refractivity contribution in [2.45, 2.75) is 64.8 Å². The minimum absolute atomic E-state index is 0.354. The number of halogens is 1. The molecule has 1 amide bonds. The highest BCUT2D eigenvalue weighted by atomic mass is 35.5. The zero-order valence-corrected chi connectivity index (χ0v) is 13.2. The van der Waals surface area contributed by atoms with Gasteiger partial charge in [0.1, 0.15) is 0 Å². The highest BCUT2D eigenvalue weighted by molar-refractivity contribution is 6.18. The van der Waals surface area contributed by atoms with Crippen LogP contribution in [0.2, 0.25) is 0 Å². The van der Waals surface area contributed by atoms with E-state index in [9.17, 15) is 4.79 Å². The summed E-state index contributed by atoms with van der Waals surface area (Å²) in [4.78, 5) is 14.6. The molecule has 0 aromatic rings. The number of hydrogen-bond donors (Lipinski definition) is 0. The fourth-order valence-electron chi connectivity index (χ4n) is 4.30. The Balaban J connectivity index is 1.91. The maximum Gasteiger partial charge on any atom is 0.223 e. The molecular weight excluding hydrogens is 258 g/mol. The first-order chi connectivity index (χ1) is 9.19. The largest absolute Gasteiger partial charge is 0.339 e. The minimum Gasteiger partial charge on any atom is -0.339 e. The van der Waals surface area contributed by atoms with E-state index >= 15 is 0 Å². The van der Waals surface area contributed by atoms with Gasteiger partial charge in [0.2, 0.25) is 5.91 Å². The van der Waals surface area contributed by atoms with Crippen LogP contribution in [-0.4, -0.2) is 29.3 Å². The number of fused-ring (bicyclic) bond motifs is 2. The fraction of sp³-hybridized carbons (Fsp3) is 0.938. The van der Waals surface area contributed by atoms with Gasteiger partial charge in [0.15, 0.2) is 0 Å². The van der Waals surface area contributed by atoms with E-state index in [1.807, 2.05) is 0 Å². The number of amides is 1. The lowest BCUT2D eigenvalue weighted by molar-refractivity contribution is -0.134. The third-order valence-corrected chi connectivity index (χ3v) is 5.52. The summed E-state index contributed by atoms with van der Waals surface area (Å²) in [5, 5.41) is 0. The van der Waals surface area contributed by atoms with E-state index in [4.69, 9.17) is 11.6 Å². The second kappa shape index (κ2) is 6.97. The summed E-state index contributed by atoms with van der Waals surface area (Å²) in [5.41, 5.74) is 0. The van der Waals surface area contributed by atoms with Gasteiger partial charge >= 0.3 is 0 Å². The topological polar surface area (TPSA) is 20.3 Å². The van der Waals surface area contributed by atoms with Crippen molar-refractivity contribution in [1.29, 1.82) is 0 Å². The van der Waals surface area contributed by atoms with E-state index in [-0.39, 0.29) is 0 Å². The van der Waals surface area contributed by atoms with Crippen molar-refractivity contribution in [1.82, 2.24) is 4.90 Å². The summed E-state index contributed by atoms with van der Waals surface area (Å²) in [6.07, 6.45) is 8.31. The Labute approximate surface area is 122 Å². The molecule has 3 atom stereocenters. The lowest BCUT2D eigenvalue weighted by Gasteiger charge is -2.32. The average Bonchev–Trinajstić information content (AvgIpc) is 3.01. The molecule has 110 valence electrons. The molecule has 0 aliphatic heterocycles. The standard InChI is InChI=1S/C16H28ClNO/c1-3-15(4-2)18(8-7-17)16(19)11-14-10-12-5-6-13(14)9-12/h12-15H,3-11H2,1-2H3. The third-order valence-electron chi connectivity index (χ3n) is 5.35. The van der Waals surface area contributed by atoms with Gasteiger partial charge in [0.25, 0.3) is 0 Å². The highest BCUT2D eigenvalue weighted by Crippen LogP contribution is 2.49. The molecule has 2 rings (SSSR count). The Morgan fingerprint density at radius 3 is 2.47 bits per heavy atom. The Hall–Kier alpha value is -0.240. The molecule has 3 unspecified atom stereocenters. The van der Waals surface area contributed by atoms with Crippen LogP contribution in [0.15, 0.2) is 0 Å². The molecular formula is C16H28ClNO. The SMILES string of the molecule is CCC(CC)N(CCCl)C(=O)CC1CC2CCC1C2. The van der Waals surface area contributed by atoms with E-state index in [0.29, 0.717) is 30.3 Å². The maximum atomic E-state index is 12.6. The molecule has 0 N–H and O–H groups in total. The molecule has 2 nitrogen and oxygen atoms in total. The van der Waals surface area contributed by atoms with E-state index in [2.05, 4.69) is 18.7 Å². The van der Waals surface area contributed by atoms with Gasteiger partial charge in [-0.2, -0.15) is 0 Å². The van der Waals surface area contributed by atoms with Crippen LogP contribution in [0.1, 0.15) is 58.8 Å². The van der Waals surface area contributed by atoms with E-state index in [1.54, 1.807) is 0 Å². The zero-order valence-electron chi connectivity index (χ0n) is 12.4. The molecule has 0 saturated heterocycles. The Morgan fingerprint density at radius 2 is 2.00 bits per heavy atom. The molecule has 0 aromatic carbocycles. The molecule has 0 spiro atoms. The van der Waals surface area contributed by atoms with Crippen molar-refractivity contribution < 1.29 is 4.79 Å². The van der Waals surface area contributed by atoms with Crippen molar-refractivity contribution in [2.24, 2.45) is 17.8 Å². The molecule has 3 heteroatoms. The third kappa shape index (κ3) is 3.45. The van der Waals surface area contributed by atoms with Crippen LogP contribution >= 0.6 is 11.6 Å². The van der Waals surface area contributed by atoms with Gasteiger partial charge in [-0.25, -0.2) is 0 Å². The van der Waals surface area contributed by atoms with Gasteiger partial charge in [-0.1, -0.05) is 20.3 Å². The number of hydrogen-bond acceptors (Lipinski definition) is 1. The van der Waals surface area contributed by atoms with Crippen LogP contribution in [0, 0.1) is 17.8 Å². The molecule has 2 aliphatic carbocycles. The van der Waals surface area contributed by atoms with Gasteiger partial charge in [-0.15, -0.1) is 11.6 Å². The van der Waals surface area contributed by atoms with Crippen LogP contribution < -0.4 is 0 Å². The Kier molecular flexibility index (Phi) is 5.56. The summed E-state index contributed by atoms with van der Waals surface area (Å²) < 4.78 is 0. The summed E-state index contributed by atoms with van der Waals surface area (Å²) in [6.45, 7) is 5.05. The summed E-state index contributed by atoms with van der Waals surface area (Å²) >= 11 is 5.88. The van der Waals surface area contributed by atoms with Gasteiger partial charge in [-0.05, 0) is 49.9 Å². The normalized spacial score (nSPS) is 29.2. The van der Waals surface area contributed by atoms with Gasteiger partial charge < -0.3 is 4.90 Å².